The molecule has 1 N–H and O–H groups in total. The first-order chi connectivity index (χ1) is 12.5. The third-order valence-electron chi connectivity index (χ3n) is 4.81. The monoisotopic (exact) mass is 352 g/mol. The van der Waals surface area contributed by atoms with Gasteiger partial charge in [-0.15, -0.1) is 0 Å². The summed E-state index contributed by atoms with van der Waals surface area (Å²) in [6.07, 6.45) is 0.218. The predicted octanol–water partition coefficient (Wildman–Crippen LogP) is 3.69. The number of nitrogens with one attached hydrogen (secondary N) is 1. The minimum absolute atomic E-state index is 0.0167. The van der Waals surface area contributed by atoms with E-state index in [-0.39, 0.29) is 24.2 Å². The lowest BCUT2D eigenvalue weighted by Gasteiger charge is -2.20. The molecule has 2 amide bonds. The number of ether oxygens (including phenoxy) is 1. The number of anilines is 2. The first-order valence-electron chi connectivity index (χ1n) is 8.90. The Morgan fingerprint density at radius 3 is 2.73 bits per heavy atom. The van der Waals surface area contributed by atoms with Gasteiger partial charge in [-0.25, -0.2) is 0 Å². The van der Waals surface area contributed by atoms with Gasteiger partial charge in [0.1, 0.15) is 5.75 Å². The number of carbonyl (C=O) groups excluding carboxylic acids is 2. The Hall–Kier alpha value is -2.82. The molecule has 1 aliphatic rings. The van der Waals surface area contributed by atoms with Crippen molar-refractivity contribution in [3.05, 3.63) is 53.6 Å². The molecule has 1 aliphatic heterocycles. The highest BCUT2D eigenvalue weighted by molar-refractivity contribution is 6.04. The van der Waals surface area contributed by atoms with E-state index in [0.717, 1.165) is 16.8 Å². The van der Waals surface area contributed by atoms with Crippen LogP contribution in [0.2, 0.25) is 0 Å². The molecule has 0 saturated carbocycles. The number of hydrogen-bond acceptors (Lipinski definition) is 3. The van der Waals surface area contributed by atoms with Crippen LogP contribution in [0.4, 0.5) is 11.4 Å². The fraction of sp³-hybridized carbons (Fsp3) is 0.333. The predicted molar refractivity (Wildman–Crippen MR) is 103 cm³/mol. The fourth-order valence-corrected chi connectivity index (χ4v) is 3.23. The van der Waals surface area contributed by atoms with Crippen LogP contribution in [0.25, 0.3) is 0 Å². The van der Waals surface area contributed by atoms with Crippen LogP contribution in [0.3, 0.4) is 0 Å². The average molecular weight is 352 g/mol. The van der Waals surface area contributed by atoms with Gasteiger partial charge in [0.25, 0.3) is 0 Å². The van der Waals surface area contributed by atoms with Crippen LogP contribution in [-0.4, -0.2) is 25.0 Å². The maximum absolute atomic E-state index is 12.7. The Balaban J connectivity index is 1.74. The summed E-state index contributed by atoms with van der Waals surface area (Å²) >= 11 is 0. The molecule has 0 bridgehead atoms. The topological polar surface area (TPSA) is 58.6 Å². The number of hydrogen-bond donors (Lipinski definition) is 1. The van der Waals surface area contributed by atoms with Crippen LogP contribution in [0.1, 0.15) is 24.5 Å². The molecular formula is C21H24N2O3. The standard InChI is InChI=1S/C21H24N2O3/c1-4-26-19-11-6-5-9-17(19)22-21(25)16-12-20(24)23(13-16)18-10-7-8-14(2)15(18)3/h5-11,16H,4,12-13H2,1-3H3,(H,22,25). The second kappa shape index (κ2) is 7.60. The van der Waals surface area contributed by atoms with Crippen LogP contribution >= 0.6 is 0 Å². The number of benzene rings is 2. The molecule has 5 heteroatoms. The van der Waals surface area contributed by atoms with Gasteiger partial charge < -0.3 is 15.0 Å². The molecule has 1 saturated heterocycles. The van der Waals surface area contributed by atoms with Gasteiger partial charge in [0.2, 0.25) is 11.8 Å². The van der Waals surface area contributed by atoms with Gasteiger partial charge in [-0.3, -0.25) is 9.59 Å². The molecule has 3 rings (SSSR count). The molecule has 0 spiro atoms. The van der Waals surface area contributed by atoms with E-state index in [0.29, 0.717) is 24.6 Å². The van der Waals surface area contributed by atoms with E-state index in [4.69, 9.17) is 4.74 Å². The Labute approximate surface area is 154 Å². The number of aryl methyl sites for hydroxylation is 1. The Morgan fingerprint density at radius 2 is 1.96 bits per heavy atom. The van der Waals surface area contributed by atoms with Crippen molar-refractivity contribution in [1.29, 1.82) is 0 Å². The zero-order valence-electron chi connectivity index (χ0n) is 15.4. The van der Waals surface area contributed by atoms with E-state index in [2.05, 4.69) is 5.32 Å². The van der Waals surface area contributed by atoms with Crippen LogP contribution in [0.5, 0.6) is 5.75 Å². The summed E-state index contributed by atoms with van der Waals surface area (Å²) in [5.74, 6) is 0.0893. The number of rotatable bonds is 5. The van der Waals surface area contributed by atoms with Crippen LogP contribution in [0, 0.1) is 19.8 Å². The highest BCUT2D eigenvalue weighted by Gasteiger charge is 2.36. The summed E-state index contributed by atoms with van der Waals surface area (Å²) in [5, 5.41) is 2.91. The average Bonchev–Trinajstić information content (AvgIpc) is 3.01. The minimum Gasteiger partial charge on any atom is -0.492 e. The van der Waals surface area contributed by atoms with E-state index < -0.39 is 0 Å². The largest absolute Gasteiger partial charge is 0.492 e. The first-order valence-corrected chi connectivity index (χ1v) is 8.90. The van der Waals surface area contributed by atoms with Crippen molar-refractivity contribution < 1.29 is 14.3 Å². The van der Waals surface area contributed by atoms with Crippen molar-refractivity contribution in [2.24, 2.45) is 5.92 Å². The second-order valence-electron chi connectivity index (χ2n) is 6.54. The summed E-state index contributed by atoms with van der Waals surface area (Å²) in [6.45, 7) is 6.84. The van der Waals surface area contributed by atoms with E-state index in [1.807, 2.05) is 63.2 Å². The van der Waals surface area contributed by atoms with Gasteiger partial charge >= 0.3 is 0 Å². The Morgan fingerprint density at radius 1 is 1.19 bits per heavy atom. The molecule has 2 aromatic carbocycles. The molecule has 1 heterocycles. The van der Waals surface area contributed by atoms with Crippen molar-refractivity contribution in [3.63, 3.8) is 0 Å². The second-order valence-corrected chi connectivity index (χ2v) is 6.54. The first kappa shape index (κ1) is 18.0. The number of para-hydroxylation sites is 2. The van der Waals surface area contributed by atoms with Gasteiger partial charge in [0, 0.05) is 18.7 Å². The van der Waals surface area contributed by atoms with E-state index in [9.17, 15) is 9.59 Å². The molecule has 1 fully saturated rings. The van der Waals surface area contributed by atoms with Gasteiger partial charge in [-0.05, 0) is 50.1 Å². The summed E-state index contributed by atoms with van der Waals surface area (Å²) < 4.78 is 5.55. The van der Waals surface area contributed by atoms with Gasteiger partial charge in [0.15, 0.2) is 0 Å². The summed E-state index contributed by atoms with van der Waals surface area (Å²) in [4.78, 5) is 26.9. The quantitative estimate of drug-likeness (QED) is 0.893. The smallest absolute Gasteiger partial charge is 0.229 e. The van der Waals surface area contributed by atoms with Gasteiger partial charge in [-0.2, -0.15) is 0 Å². The van der Waals surface area contributed by atoms with E-state index >= 15 is 0 Å². The SMILES string of the molecule is CCOc1ccccc1NC(=O)C1CC(=O)N(c2cccc(C)c2C)C1. The maximum atomic E-state index is 12.7. The van der Waals surface area contributed by atoms with Crippen molar-refractivity contribution >= 4 is 23.2 Å². The molecule has 136 valence electrons. The molecule has 1 atom stereocenters. The van der Waals surface area contributed by atoms with Crippen molar-refractivity contribution in [2.75, 3.05) is 23.4 Å². The zero-order chi connectivity index (χ0) is 18.7. The molecule has 26 heavy (non-hydrogen) atoms. The molecule has 2 aromatic rings. The molecule has 0 aliphatic carbocycles. The van der Waals surface area contributed by atoms with Crippen LogP contribution < -0.4 is 15.0 Å². The summed E-state index contributed by atoms with van der Waals surface area (Å²) in [7, 11) is 0. The van der Waals surface area contributed by atoms with Crippen molar-refractivity contribution in [2.45, 2.75) is 27.2 Å². The number of nitrogens with zero attached hydrogens (tertiary/aromatic N) is 1. The number of carbonyl (C=O) groups is 2. The highest BCUT2D eigenvalue weighted by atomic mass is 16.5. The third kappa shape index (κ3) is 3.57. The lowest BCUT2D eigenvalue weighted by atomic mass is 10.1. The van der Waals surface area contributed by atoms with E-state index in [1.165, 1.54) is 0 Å². The van der Waals surface area contributed by atoms with Crippen molar-refractivity contribution in [1.82, 2.24) is 0 Å². The lowest BCUT2D eigenvalue weighted by Crippen LogP contribution is -2.28. The summed E-state index contributed by atoms with van der Waals surface area (Å²) in [5.41, 5.74) is 3.73. The molecule has 5 nitrogen and oxygen atoms in total. The van der Waals surface area contributed by atoms with E-state index in [1.54, 1.807) is 4.90 Å². The molecule has 1 unspecified atom stereocenters. The van der Waals surface area contributed by atoms with Gasteiger partial charge in [-0.1, -0.05) is 24.3 Å². The fourth-order valence-electron chi connectivity index (χ4n) is 3.23. The van der Waals surface area contributed by atoms with Crippen LogP contribution in [-0.2, 0) is 9.59 Å². The molecular weight excluding hydrogens is 328 g/mol. The third-order valence-corrected chi connectivity index (χ3v) is 4.81. The zero-order valence-corrected chi connectivity index (χ0v) is 15.4. The molecule has 0 radical (unpaired) electrons. The highest BCUT2D eigenvalue weighted by Crippen LogP contribution is 2.31. The summed E-state index contributed by atoms with van der Waals surface area (Å²) in [6, 6.07) is 13.2. The lowest BCUT2D eigenvalue weighted by molar-refractivity contribution is -0.122. The Kier molecular flexibility index (Phi) is 5.26. The maximum Gasteiger partial charge on any atom is 0.229 e. The molecule has 0 aromatic heterocycles. The van der Waals surface area contributed by atoms with Gasteiger partial charge in [0.05, 0.1) is 18.2 Å². The normalized spacial score (nSPS) is 16.7. The van der Waals surface area contributed by atoms with Crippen LogP contribution in [0.15, 0.2) is 42.5 Å². The Bertz CT molecular complexity index is 832. The number of amides is 2. The minimum atomic E-state index is -0.378. The van der Waals surface area contributed by atoms with Crippen molar-refractivity contribution in [3.8, 4) is 5.75 Å².